The number of hydrogen-bond donors (Lipinski definition) is 2. The number of nitro benzene ring substituents is 1. The molecule has 2 amide bonds. The van der Waals surface area contributed by atoms with Gasteiger partial charge in [0.25, 0.3) is 11.6 Å². The van der Waals surface area contributed by atoms with Crippen LogP contribution in [0.1, 0.15) is 39.6 Å². The highest BCUT2D eigenvalue weighted by atomic mass is 16.6. The number of carbonyl (C=O) groups is 4. The third-order valence-electron chi connectivity index (χ3n) is 6.14. The van der Waals surface area contributed by atoms with Crippen LogP contribution in [-0.4, -0.2) is 57.9 Å². The molecule has 0 spiro atoms. The van der Waals surface area contributed by atoms with Gasteiger partial charge in [0.05, 0.1) is 28.6 Å². The number of benzene rings is 2. The molecule has 1 fully saturated rings. The van der Waals surface area contributed by atoms with Gasteiger partial charge < -0.3 is 20.1 Å². The lowest BCUT2D eigenvalue weighted by molar-refractivity contribution is -0.384. The first-order chi connectivity index (χ1) is 16.6. The fourth-order valence-corrected chi connectivity index (χ4v) is 4.39. The van der Waals surface area contributed by atoms with Crippen LogP contribution in [0, 0.1) is 16.0 Å². The molecule has 0 aromatic heterocycles. The largest absolute Gasteiger partial charge is 0.393 e. The number of ether oxygens (including phenoxy) is 1. The Hall–Kier alpha value is -4.38. The number of β-lactam (4-membered cyclic amide) rings is 1. The molecule has 180 valence electrons. The third kappa shape index (κ3) is 4.17. The number of aliphatic hydroxyl groups is 1. The van der Waals surface area contributed by atoms with Gasteiger partial charge in [-0.3, -0.25) is 19.7 Å². The second-order valence-electron chi connectivity index (χ2n) is 8.21. The molecule has 4 rings (SSSR count). The van der Waals surface area contributed by atoms with Crippen LogP contribution >= 0.6 is 0 Å². The van der Waals surface area contributed by atoms with E-state index in [4.69, 9.17) is 4.74 Å². The molecule has 0 bridgehead atoms. The van der Waals surface area contributed by atoms with Gasteiger partial charge in [0.2, 0.25) is 5.91 Å². The number of non-ortho nitro benzene ring substituents is 1. The van der Waals surface area contributed by atoms with Gasteiger partial charge in [-0.1, -0.05) is 12.1 Å². The topological polar surface area (TPSA) is 156 Å². The quantitative estimate of drug-likeness (QED) is 0.208. The van der Waals surface area contributed by atoms with E-state index in [2.05, 4.69) is 5.32 Å². The number of nitrogens with zero attached hydrogens (tertiary/aromatic N) is 2. The number of aliphatic hydroxyl groups excluding tert-OH is 1. The Balaban J connectivity index is 1.65. The lowest BCUT2D eigenvalue weighted by Gasteiger charge is -2.44. The van der Waals surface area contributed by atoms with Crippen molar-refractivity contribution >= 4 is 35.0 Å². The highest BCUT2D eigenvalue weighted by molar-refractivity contribution is 6.11. The summed E-state index contributed by atoms with van der Waals surface area (Å²) in [5.74, 6) is -3.55. The smallest absolute Gasteiger partial charge is 0.363 e. The minimum atomic E-state index is -1.06. The van der Waals surface area contributed by atoms with Crippen LogP contribution in [0.25, 0.3) is 5.57 Å². The molecule has 0 saturated carbocycles. The second kappa shape index (κ2) is 9.11. The standard InChI is InChI=1S/C24H21N3O8/c1-12(28)19-18-11-17(13-3-5-14(6-4-13)21(29)25-2)20(26(18)22(19)30)24(32)35-23(31)15-7-9-16(10-8-15)27(33)34/h3-10,12,18-19,28H,11H2,1-2H3,(H,25,29)/t12-,18-,19-/m1/s1. The van der Waals surface area contributed by atoms with E-state index in [0.29, 0.717) is 16.7 Å². The van der Waals surface area contributed by atoms with Crippen LogP contribution in [0.5, 0.6) is 0 Å². The monoisotopic (exact) mass is 479 g/mol. The van der Waals surface area contributed by atoms with E-state index in [1.165, 1.54) is 18.9 Å². The minimum Gasteiger partial charge on any atom is -0.393 e. The Labute approximate surface area is 199 Å². The van der Waals surface area contributed by atoms with Gasteiger partial charge in [-0.25, -0.2) is 9.59 Å². The molecule has 2 aliphatic heterocycles. The summed E-state index contributed by atoms with van der Waals surface area (Å²) in [6.07, 6.45) is -0.686. The van der Waals surface area contributed by atoms with Crippen molar-refractivity contribution in [1.82, 2.24) is 10.2 Å². The number of fused-ring (bicyclic) bond motifs is 1. The van der Waals surface area contributed by atoms with E-state index < -0.39 is 40.8 Å². The van der Waals surface area contributed by atoms with Crippen LogP contribution in [0.3, 0.4) is 0 Å². The molecule has 0 unspecified atom stereocenters. The molecule has 0 aliphatic carbocycles. The molecule has 2 aromatic rings. The Morgan fingerprint density at radius 1 is 1.09 bits per heavy atom. The lowest BCUT2D eigenvalue weighted by atomic mass is 9.82. The first kappa shape index (κ1) is 23.8. The fourth-order valence-electron chi connectivity index (χ4n) is 4.39. The SMILES string of the molecule is CNC(=O)c1ccc(C2=C(C(=O)OC(=O)c3ccc([N+](=O)[O-])cc3)N3C(=O)[C@H]([C@@H](C)O)[C@H]3C2)cc1. The predicted octanol–water partition coefficient (Wildman–Crippen LogP) is 1.66. The molecule has 11 heteroatoms. The van der Waals surface area contributed by atoms with Crippen LogP contribution in [0.2, 0.25) is 0 Å². The Kier molecular flexibility index (Phi) is 6.18. The number of nitrogens with one attached hydrogen (secondary N) is 1. The average molecular weight is 479 g/mol. The van der Waals surface area contributed by atoms with Crippen molar-refractivity contribution in [2.24, 2.45) is 5.92 Å². The van der Waals surface area contributed by atoms with Gasteiger partial charge in [-0.05, 0) is 48.7 Å². The fraction of sp³-hybridized carbons (Fsp3) is 0.250. The molecule has 11 nitrogen and oxygen atoms in total. The van der Waals surface area contributed by atoms with Crippen molar-refractivity contribution < 1.29 is 33.9 Å². The van der Waals surface area contributed by atoms with Crippen LogP contribution in [-0.2, 0) is 14.3 Å². The van der Waals surface area contributed by atoms with Gasteiger partial charge in [0, 0.05) is 24.7 Å². The Morgan fingerprint density at radius 2 is 1.69 bits per heavy atom. The van der Waals surface area contributed by atoms with Crippen LogP contribution in [0.4, 0.5) is 5.69 Å². The van der Waals surface area contributed by atoms with E-state index in [-0.39, 0.29) is 29.3 Å². The number of nitro groups is 1. The second-order valence-corrected chi connectivity index (χ2v) is 8.21. The highest BCUT2D eigenvalue weighted by Gasteiger charge is 2.57. The molecule has 2 heterocycles. The number of carbonyl (C=O) groups excluding carboxylic acids is 4. The molecule has 2 aliphatic rings. The molecule has 35 heavy (non-hydrogen) atoms. The zero-order valence-electron chi connectivity index (χ0n) is 18.8. The number of hydrogen-bond acceptors (Lipinski definition) is 8. The van der Waals surface area contributed by atoms with E-state index in [1.54, 1.807) is 24.3 Å². The number of rotatable bonds is 6. The molecule has 3 atom stereocenters. The minimum absolute atomic E-state index is 0.0765. The molecule has 0 radical (unpaired) electrons. The molecule has 2 aromatic carbocycles. The summed E-state index contributed by atoms with van der Waals surface area (Å²) in [6.45, 7) is 1.49. The van der Waals surface area contributed by atoms with Crippen LogP contribution < -0.4 is 5.32 Å². The predicted molar refractivity (Wildman–Crippen MR) is 121 cm³/mol. The maximum absolute atomic E-state index is 13.1. The van der Waals surface area contributed by atoms with Gasteiger partial charge in [-0.2, -0.15) is 0 Å². The van der Waals surface area contributed by atoms with E-state index in [0.717, 1.165) is 24.3 Å². The summed E-state index contributed by atoms with van der Waals surface area (Å²) in [7, 11) is 1.50. The van der Waals surface area contributed by atoms with Crippen molar-refractivity contribution in [1.29, 1.82) is 0 Å². The summed E-state index contributed by atoms with van der Waals surface area (Å²) < 4.78 is 5.02. The first-order valence-corrected chi connectivity index (χ1v) is 10.7. The van der Waals surface area contributed by atoms with Crippen molar-refractivity contribution in [2.75, 3.05) is 7.05 Å². The zero-order valence-corrected chi connectivity index (χ0v) is 18.8. The van der Waals surface area contributed by atoms with Crippen molar-refractivity contribution in [2.45, 2.75) is 25.5 Å². The molecule has 1 saturated heterocycles. The third-order valence-corrected chi connectivity index (χ3v) is 6.14. The molecular weight excluding hydrogens is 458 g/mol. The number of esters is 2. The van der Waals surface area contributed by atoms with Gasteiger partial charge in [-0.15, -0.1) is 0 Å². The highest BCUT2D eigenvalue weighted by Crippen LogP contribution is 2.47. The zero-order chi connectivity index (χ0) is 25.4. The van der Waals surface area contributed by atoms with E-state index in [1.807, 2.05) is 0 Å². The maximum Gasteiger partial charge on any atom is 0.363 e. The summed E-state index contributed by atoms with van der Waals surface area (Å²) in [6, 6.07) is 10.4. The summed E-state index contributed by atoms with van der Waals surface area (Å²) in [4.78, 5) is 61.6. The first-order valence-electron chi connectivity index (χ1n) is 10.7. The van der Waals surface area contributed by atoms with Crippen molar-refractivity contribution in [3.8, 4) is 0 Å². The van der Waals surface area contributed by atoms with Crippen molar-refractivity contribution in [3.63, 3.8) is 0 Å². The van der Waals surface area contributed by atoms with E-state index >= 15 is 0 Å². The summed E-state index contributed by atoms with van der Waals surface area (Å²) in [5.41, 5.74) is 0.975. The Morgan fingerprint density at radius 3 is 2.23 bits per heavy atom. The van der Waals surface area contributed by atoms with E-state index in [9.17, 15) is 34.4 Å². The lowest BCUT2D eigenvalue weighted by Crippen LogP contribution is -2.61. The molecular formula is C24H21N3O8. The van der Waals surface area contributed by atoms with Crippen LogP contribution in [0.15, 0.2) is 54.2 Å². The number of amides is 2. The normalized spacial score (nSPS) is 19.5. The van der Waals surface area contributed by atoms with Gasteiger partial charge in [0.1, 0.15) is 5.70 Å². The van der Waals surface area contributed by atoms with Gasteiger partial charge in [0.15, 0.2) is 0 Å². The van der Waals surface area contributed by atoms with Crippen molar-refractivity contribution in [3.05, 3.63) is 81.0 Å². The average Bonchev–Trinajstić information content (AvgIpc) is 3.18. The summed E-state index contributed by atoms with van der Waals surface area (Å²) >= 11 is 0. The summed E-state index contributed by atoms with van der Waals surface area (Å²) in [5, 5.41) is 23.3. The maximum atomic E-state index is 13.1. The van der Waals surface area contributed by atoms with Gasteiger partial charge >= 0.3 is 11.9 Å². The Bertz CT molecular complexity index is 1260. The molecule has 2 N–H and O–H groups in total.